The van der Waals surface area contributed by atoms with Gasteiger partial charge in [-0.05, 0) is 39.5 Å². The maximum absolute atomic E-state index is 12.6. The molecule has 0 radical (unpaired) electrons. The monoisotopic (exact) mass is 442 g/mol. The third-order valence-electron chi connectivity index (χ3n) is 5.25. The molecule has 0 saturated heterocycles. The van der Waals surface area contributed by atoms with Gasteiger partial charge in [0.2, 0.25) is 5.91 Å². The van der Waals surface area contributed by atoms with E-state index in [1.165, 1.54) is 26.4 Å². The van der Waals surface area contributed by atoms with Crippen molar-refractivity contribution >= 4 is 18.0 Å². The minimum atomic E-state index is -0.594. The van der Waals surface area contributed by atoms with Gasteiger partial charge in [-0.1, -0.05) is 65.2 Å². The summed E-state index contributed by atoms with van der Waals surface area (Å²) in [5, 5.41) is 5.68. The molecule has 0 saturated carbocycles. The summed E-state index contributed by atoms with van der Waals surface area (Å²) in [6.45, 7) is 9.98. The Morgan fingerprint density at radius 2 is 1.39 bits per heavy atom. The molecule has 182 valence electrons. The predicted octanol–water partition coefficient (Wildman–Crippen LogP) is 5.12. The lowest BCUT2D eigenvalue weighted by Gasteiger charge is -2.26. The average molecular weight is 443 g/mol. The number of hydrogen-bond donors (Lipinski definition) is 2. The Labute approximate surface area is 189 Å². The minimum Gasteiger partial charge on any atom is -0.469 e. The summed E-state index contributed by atoms with van der Waals surface area (Å²) in [5.41, 5.74) is -0.594. The van der Waals surface area contributed by atoms with Gasteiger partial charge in [0.1, 0.15) is 11.6 Å². The topological polar surface area (TPSA) is 93.7 Å². The predicted molar refractivity (Wildman–Crippen MR) is 124 cm³/mol. The Hall–Kier alpha value is -1.79. The lowest BCUT2D eigenvalue weighted by atomic mass is 9.98. The molecule has 7 nitrogen and oxygen atoms in total. The van der Waals surface area contributed by atoms with E-state index in [4.69, 9.17) is 4.74 Å². The van der Waals surface area contributed by atoms with Gasteiger partial charge < -0.3 is 20.1 Å². The average Bonchev–Trinajstić information content (AvgIpc) is 2.70. The van der Waals surface area contributed by atoms with Crippen LogP contribution >= 0.6 is 0 Å². The molecule has 0 bridgehead atoms. The normalized spacial score (nSPS) is 13.2. The SMILES string of the molecule is CC[C@H](C)[C@H](NC(=O)OC(C)(C)C)C(=O)NCCCCCCCCCCCC(=O)OC. The van der Waals surface area contributed by atoms with E-state index in [9.17, 15) is 14.4 Å². The van der Waals surface area contributed by atoms with Gasteiger partial charge in [0, 0.05) is 13.0 Å². The van der Waals surface area contributed by atoms with Gasteiger partial charge in [-0.3, -0.25) is 9.59 Å². The third-order valence-corrected chi connectivity index (χ3v) is 5.25. The molecule has 0 heterocycles. The van der Waals surface area contributed by atoms with E-state index in [-0.39, 0.29) is 17.8 Å². The highest BCUT2D eigenvalue weighted by Gasteiger charge is 2.27. The van der Waals surface area contributed by atoms with Gasteiger partial charge in [-0.15, -0.1) is 0 Å². The van der Waals surface area contributed by atoms with Crippen molar-refractivity contribution in [1.82, 2.24) is 10.6 Å². The summed E-state index contributed by atoms with van der Waals surface area (Å²) >= 11 is 0. The number of alkyl carbamates (subject to hydrolysis) is 1. The summed E-state index contributed by atoms with van der Waals surface area (Å²) in [6.07, 6.45) is 10.7. The number of hydrogen-bond acceptors (Lipinski definition) is 5. The van der Waals surface area contributed by atoms with Crippen LogP contribution in [0.3, 0.4) is 0 Å². The summed E-state index contributed by atoms with van der Waals surface area (Å²) in [5.74, 6) is -0.240. The molecule has 0 aromatic carbocycles. The van der Waals surface area contributed by atoms with Crippen molar-refractivity contribution < 1.29 is 23.9 Å². The second-order valence-electron chi connectivity index (χ2n) is 9.31. The molecule has 0 aromatic rings. The molecule has 0 aliphatic heterocycles. The first kappa shape index (κ1) is 29.2. The van der Waals surface area contributed by atoms with Crippen LogP contribution in [0.1, 0.15) is 105 Å². The largest absolute Gasteiger partial charge is 0.469 e. The van der Waals surface area contributed by atoms with Crippen molar-refractivity contribution in [3.8, 4) is 0 Å². The summed E-state index contributed by atoms with van der Waals surface area (Å²) < 4.78 is 9.92. The molecule has 0 fully saturated rings. The van der Waals surface area contributed by atoms with E-state index in [0.29, 0.717) is 13.0 Å². The number of carbonyl (C=O) groups is 3. The Morgan fingerprint density at radius 1 is 0.871 bits per heavy atom. The van der Waals surface area contributed by atoms with E-state index in [0.717, 1.165) is 44.9 Å². The number of rotatable bonds is 16. The van der Waals surface area contributed by atoms with Gasteiger partial charge in [0.15, 0.2) is 0 Å². The Kier molecular flexibility index (Phi) is 15.9. The molecule has 0 aromatic heterocycles. The number of ether oxygens (including phenoxy) is 2. The van der Waals surface area contributed by atoms with Gasteiger partial charge in [0.05, 0.1) is 7.11 Å². The van der Waals surface area contributed by atoms with Crippen molar-refractivity contribution in [3.63, 3.8) is 0 Å². The first-order valence-electron chi connectivity index (χ1n) is 11.9. The van der Waals surface area contributed by atoms with Gasteiger partial charge in [-0.2, -0.15) is 0 Å². The Balaban J connectivity index is 3.91. The first-order chi connectivity index (χ1) is 14.6. The molecular weight excluding hydrogens is 396 g/mol. The third kappa shape index (κ3) is 16.6. The van der Waals surface area contributed by atoms with Crippen LogP contribution in [-0.4, -0.2) is 43.3 Å². The van der Waals surface area contributed by atoms with Crippen molar-refractivity contribution in [1.29, 1.82) is 0 Å². The second-order valence-corrected chi connectivity index (χ2v) is 9.31. The lowest BCUT2D eigenvalue weighted by molar-refractivity contribution is -0.140. The highest BCUT2D eigenvalue weighted by molar-refractivity contribution is 5.85. The van der Waals surface area contributed by atoms with Crippen LogP contribution in [0.5, 0.6) is 0 Å². The highest BCUT2D eigenvalue weighted by atomic mass is 16.6. The van der Waals surface area contributed by atoms with Crippen molar-refractivity contribution in [2.45, 2.75) is 117 Å². The quantitative estimate of drug-likeness (QED) is 0.256. The molecular formula is C24H46N2O5. The van der Waals surface area contributed by atoms with Crippen molar-refractivity contribution in [2.24, 2.45) is 5.92 Å². The minimum absolute atomic E-state index is 0.0279. The van der Waals surface area contributed by atoms with Crippen LogP contribution in [0.2, 0.25) is 0 Å². The number of nitrogens with one attached hydrogen (secondary N) is 2. The van der Waals surface area contributed by atoms with E-state index >= 15 is 0 Å². The summed E-state index contributed by atoms with van der Waals surface area (Å²) in [7, 11) is 1.43. The van der Waals surface area contributed by atoms with Gasteiger partial charge >= 0.3 is 12.1 Å². The first-order valence-corrected chi connectivity index (χ1v) is 11.9. The molecule has 2 N–H and O–H groups in total. The Bertz CT molecular complexity index is 517. The van der Waals surface area contributed by atoms with Gasteiger partial charge in [0.25, 0.3) is 0 Å². The van der Waals surface area contributed by atoms with Crippen LogP contribution in [0.4, 0.5) is 4.79 Å². The maximum Gasteiger partial charge on any atom is 0.408 e. The molecule has 2 atom stereocenters. The number of esters is 1. The molecule has 0 rings (SSSR count). The van der Waals surface area contributed by atoms with E-state index < -0.39 is 17.7 Å². The molecule has 7 heteroatoms. The fraction of sp³-hybridized carbons (Fsp3) is 0.875. The number of unbranched alkanes of at least 4 members (excludes halogenated alkanes) is 8. The molecule has 0 spiro atoms. The summed E-state index contributed by atoms with van der Waals surface area (Å²) in [6, 6.07) is -0.584. The molecule has 2 amide bonds. The lowest BCUT2D eigenvalue weighted by Crippen LogP contribution is -2.51. The molecule has 0 aliphatic rings. The fourth-order valence-corrected chi connectivity index (χ4v) is 3.19. The second kappa shape index (κ2) is 16.8. The van der Waals surface area contributed by atoms with Crippen LogP contribution < -0.4 is 10.6 Å². The molecule has 0 aliphatic carbocycles. The maximum atomic E-state index is 12.6. The van der Waals surface area contributed by atoms with E-state index in [1.54, 1.807) is 20.8 Å². The standard InChI is InChI=1S/C24H46N2O5/c1-7-19(2)21(26-23(29)31-24(3,4)5)22(28)25-18-16-14-12-10-8-9-11-13-15-17-20(27)30-6/h19,21H,7-18H2,1-6H3,(H,25,28)(H,26,29)/t19-,21-/m0/s1. The smallest absolute Gasteiger partial charge is 0.408 e. The molecule has 0 unspecified atom stereocenters. The zero-order valence-electron chi connectivity index (χ0n) is 20.7. The van der Waals surface area contributed by atoms with Crippen molar-refractivity contribution in [2.75, 3.05) is 13.7 Å². The Morgan fingerprint density at radius 3 is 1.87 bits per heavy atom. The molecule has 31 heavy (non-hydrogen) atoms. The van der Waals surface area contributed by atoms with Crippen LogP contribution in [0.25, 0.3) is 0 Å². The number of amides is 2. The van der Waals surface area contributed by atoms with Crippen LogP contribution in [-0.2, 0) is 19.1 Å². The number of carbonyl (C=O) groups excluding carboxylic acids is 3. The van der Waals surface area contributed by atoms with Crippen LogP contribution in [0.15, 0.2) is 0 Å². The zero-order valence-corrected chi connectivity index (χ0v) is 20.7. The van der Waals surface area contributed by atoms with E-state index in [2.05, 4.69) is 15.4 Å². The van der Waals surface area contributed by atoms with Gasteiger partial charge in [-0.25, -0.2) is 4.79 Å². The highest BCUT2D eigenvalue weighted by Crippen LogP contribution is 2.12. The zero-order chi connectivity index (χ0) is 23.7. The van der Waals surface area contributed by atoms with Crippen molar-refractivity contribution in [3.05, 3.63) is 0 Å². The number of methoxy groups -OCH3 is 1. The summed E-state index contributed by atoms with van der Waals surface area (Å²) in [4.78, 5) is 35.6. The van der Waals surface area contributed by atoms with E-state index in [1.807, 2.05) is 13.8 Å². The fourth-order valence-electron chi connectivity index (χ4n) is 3.19. The van der Waals surface area contributed by atoms with Crippen LogP contribution in [0, 0.1) is 5.92 Å².